The zero-order valence-electron chi connectivity index (χ0n) is 9.59. The molecule has 7 heteroatoms. The van der Waals surface area contributed by atoms with Crippen LogP contribution in [0.15, 0.2) is 27.7 Å². The highest BCUT2D eigenvalue weighted by Gasteiger charge is 2.08. The van der Waals surface area contributed by atoms with Gasteiger partial charge in [-0.3, -0.25) is 4.79 Å². The van der Waals surface area contributed by atoms with E-state index in [1.165, 1.54) is 18.5 Å². The van der Waals surface area contributed by atoms with Gasteiger partial charge in [0.25, 0.3) is 0 Å². The lowest BCUT2D eigenvalue weighted by atomic mass is 10.4. The Bertz CT molecular complexity index is 605. The fourth-order valence-corrected chi connectivity index (χ4v) is 1.47. The molecule has 0 unspecified atom stereocenters. The summed E-state index contributed by atoms with van der Waals surface area (Å²) >= 11 is 5.82. The molecular formula is C11H11ClN2O4. The predicted octanol–water partition coefficient (Wildman–Crippen LogP) is 1.10. The van der Waals surface area contributed by atoms with Crippen LogP contribution >= 0.6 is 11.6 Å². The fraction of sp³-hybridized carbons (Fsp3) is 0.273. The zero-order valence-corrected chi connectivity index (χ0v) is 10.3. The van der Waals surface area contributed by atoms with Crippen molar-refractivity contribution in [2.24, 2.45) is 7.05 Å². The van der Waals surface area contributed by atoms with Gasteiger partial charge < -0.3 is 18.8 Å². The van der Waals surface area contributed by atoms with Crippen LogP contribution in [0.4, 0.5) is 0 Å². The van der Waals surface area contributed by atoms with Crippen LogP contribution in [-0.2, 0) is 20.3 Å². The van der Waals surface area contributed by atoms with Crippen LogP contribution in [0.5, 0.6) is 5.75 Å². The molecule has 2 aromatic rings. The van der Waals surface area contributed by atoms with Gasteiger partial charge in [0.2, 0.25) is 11.2 Å². The summed E-state index contributed by atoms with van der Waals surface area (Å²) in [5, 5.41) is 9.28. The molecule has 0 aliphatic carbocycles. The molecule has 0 saturated heterocycles. The van der Waals surface area contributed by atoms with E-state index in [1.54, 1.807) is 11.6 Å². The molecule has 0 atom stereocenters. The van der Waals surface area contributed by atoms with Gasteiger partial charge in [0.1, 0.15) is 36.2 Å². The molecule has 96 valence electrons. The third-order valence-electron chi connectivity index (χ3n) is 2.39. The SMILES string of the molecule is Cn1c(Cl)cnc1COc1coc(CO)cc1=O. The Labute approximate surface area is 107 Å². The summed E-state index contributed by atoms with van der Waals surface area (Å²) in [4.78, 5) is 15.6. The Morgan fingerprint density at radius 1 is 1.61 bits per heavy atom. The maximum atomic E-state index is 11.6. The number of rotatable bonds is 4. The number of aromatic nitrogens is 2. The minimum Gasteiger partial charge on any atom is -0.479 e. The molecule has 0 amide bonds. The number of imidazole rings is 1. The summed E-state index contributed by atoms with van der Waals surface area (Å²) in [5.74, 6) is 0.837. The lowest BCUT2D eigenvalue weighted by molar-refractivity contribution is 0.234. The van der Waals surface area contributed by atoms with E-state index >= 15 is 0 Å². The van der Waals surface area contributed by atoms with E-state index in [4.69, 9.17) is 25.9 Å². The molecule has 0 bridgehead atoms. The topological polar surface area (TPSA) is 77.5 Å². The molecule has 0 aliphatic rings. The van der Waals surface area contributed by atoms with E-state index in [0.29, 0.717) is 11.0 Å². The summed E-state index contributed by atoms with van der Waals surface area (Å²) in [6.07, 6.45) is 2.66. The second-order valence-corrected chi connectivity index (χ2v) is 3.97. The number of halogens is 1. The van der Waals surface area contributed by atoms with E-state index in [0.717, 1.165) is 0 Å². The molecule has 6 nitrogen and oxygen atoms in total. The first-order valence-electron chi connectivity index (χ1n) is 5.13. The third-order valence-corrected chi connectivity index (χ3v) is 2.74. The highest BCUT2D eigenvalue weighted by molar-refractivity contribution is 6.29. The van der Waals surface area contributed by atoms with Gasteiger partial charge in [-0.05, 0) is 0 Å². The van der Waals surface area contributed by atoms with Crippen LogP contribution in [0.3, 0.4) is 0 Å². The molecule has 18 heavy (non-hydrogen) atoms. The number of aliphatic hydroxyl groups is 1. The normalized spacial score (nSPS) is 10.6. The maximum Gasteiger partial charge on any atom is 0.227 e. The molecule has 0 radical (unpaired) electrons. The highest BCUT2D eigenvalue weighted by atomic mass is 35.5. The minimum atomic E-state index is -0.356. The van der Waals surface area contributed by atoms with E-state index < -0.39 is 0 Å². The quantitative estimate of drug-likeness (QED) is 0.900. The van der Waals surface area contributed by atoms with Gasteiger partial charge in [-0.25, -0.2) is 4.98 Å². The second-order valence-electron chi connectivity index (χ2n) is 3.58. The van der Waals surface area contributed by atoms with Crippen LogP contribution in [0.2, 0.25) is 5.15 Å². The summed E-state index contributed by atoms with van der Waals surface area (Å²) in [6, 6.07) is 1.18. The molecule has 1 N–H and O–H groups in total. The van der Waals surface area contributed by atoms with E-state index in [9.17, 15) is 4.79 Å². The Morgan fingerprint density at radius 2 is 2.39 bits per heavy atom. The second kappa shape index (κ2) is 5.24. The van der Waals surface area contributed by atoms with Gasteiger partial charge in [0, 0.05) is 13.1 Å². The number of nitrogens with zero attached hydrogens (tertiary/aromatic N) is 2. The van der Waals surface area contributed by atoms with Gasteiger partial charge in [-0.2, -0.15) is 0 Å². The van der Waals surface area contributed by atoms with Crippen molar-refractivity contribution in [2.75, 3.05) is 0 Å². The maximum absolute atomic E-state index is 11.6. The highest BCUT2D eigenvalue weighted by Crippen LogP contribution is 2.12. The monoisotopic (exact) mass is 270 g/mol. The van der Waals surface area contributed by atoms with Gasteiger partial charge in [-0.15, -0.1) is 0 Å². The molecular weight excluding hydrogens is 260 g/mol. The van der Waals surface area contributed by atoms with Crippen molar-refractivity contribution in [3.63, 3.8) is 0 Å². The lowest BCUT2D eigenvalue weighted by Gasteiger charge is -2.05. The summed E-state index contributed by atoms with van der Waals surface area (Å²) < 4.78 is 11.9. The Morgan fingerprint density at radius 3 is 2.94 bits per heavy atom. The van der Waals surface area contributed by atoms with E-state index in [-0.39, 0.29) is 30.2 Å². The van der Waals surface area contributed by atoms with Crippen LogP contribution in [0.25, 0.3) is 0 Å². The van der Waals surface area contributed by atoms with Gasteiger partial charge in [0.05, 0.1) is 6.20 Å². The first-order valence-corrected chi connectivity index (χ1v) is 5.51. The van der Waals surface area contributed by atoms with Crippen molar-refractivity contribution < 1.29 is 14.3 Å². The summed E-state index contributed by atoms with van der Waals surface area (Å²) in [6.45, 7) is -0.225. The predicted molar refractivity (Wildman–Crippen MR) is 63.5 cm³/mol. The van der Waals surface area contributed by atoms with Crippen LogP contribution in [0, 0.1) is 0 Å². The number of hydrogen-bond acceptors (Lipinski definition) is 5. The molecule has 2 rings (SSSR count). The number of aliphatic hydroxyl groups excluding tert-OH is 1. The van der Waals surface area contributed by atoms with Gasteiger partial charge >= 0.3 is 0 Å². The molecule has 0 aliphatic heterocycles. The Kier molecular flexibility index (Phi) is 3.69. The molecule has 0 saturated carbocycles. The number of ether oxygens (including phenoxy) is 1. The Hall–Kier alpha value is -1.79. The summed E-state index contributed by atoms with van der Waals surface area (Å²) in [5.41, 5.74) is -0.356. The van der Waals surface area contributed by atoms with Gasteiger partial charge in [0.15, 0.2) is 0 Å². The average Bonchev–Trinajstić information content (AvgIpc) is 2.68. The van der Waals surface area contributed by atoms with Crippen LogP contribution in [-0.4, -0.2) is 14.7 Å². The molecule has 2 heterocycles. The zero-order chi connectivity index (χ0) is 13.1. The largest absolute Gasteiger partial charge is 0.479 e. The van der Waals surface area contributed by atoms with Crippen LogP contribution < -0.4 is 10.2 Å². The summed E-state index contributed by atoms with van der Waals surface area (Å²) in [7, 11) is 1.74. The first-order chi connectivity index (χ1) is 8.61. The van der Waals surface area contributed by atoms with Crippen molar-refractivity contribution in [3.05, 3.63) is 45.5 Å². The van der Waals surface area contributed by atoms with Crippen LogP contribution in [0.1, 0.15) is 11.6 Å². The van der Waals surface area contributed by atoms with Gasteiger partial charge in [-0.1, -0.05) is 11.6 Å². The van der Waals surface area contributed by atoms with Crippen molar-refractivity contribution in [2.45, 2.75) is 13.2 Å². The van der Waals surface area contributed by atoms with E-state index in [1.807, 2.05) is 0 Å². The first kappa shape index (κ1) is 12.7. The van der Waals surface area contributed by atoms with Crippen molar-refractivity contribution in [1.82, 2.24) is 9.55 Å². The number of hydrogen-bond donors (Lipinski definition) is 1. The van der Waals surface area contributed by atoms with Crippen molar-refractivity contribution in [1.29, 1.82) is 0 Å². The lowest BCUT2D eigenvalue weighted by Crippen LogP contribution is -2.10. The standard InChI is InChI=1S/C11H11ClN2O4/c1-14-10(12)3-13-11(14)6-18-9-5-17-7(4-15)2-8(9)16/h2-3,5,15H,4,6H2,1H3. The van der Waals surface area contributed by atoms with Crippen molar-refractivity contribution >= 4 is 11.6 Å². The Balaban J connectivity index is 2.11. The smallest absolute Gasteiger partial charge is 0.227 e. The minimum absolute atomic E-state index is 0.0614. The molecule has 0 spiro atoms. The molecule has 0 aromatic carbocycles. The fourth-order valence-electron chi connectivity index (χ4n) is 1.33. The molecule has 2 aromatic heterocycles. The van der Waals surface area contributed by atoms with E-state index in [2.05, 4.69) is 4.98 Å². The van der Waals surface area contributed by atoms with Crippen molar-refractivity contribution in [3.8, 4) is 5.75 Å². The average molecular weight is 271 g/mol. The molecule has 0 fully saturated rings. The third kappa shape index (κ3) is 2.55.